The van der Waals surface area contributed by atoms with Crippen LogP contribution >= 0.6 is 0 Å². The van der Waals surface area contributed by atoms with Gasteiger partial charge in [0, 0.05) is 0 Å². The molecule has 0 saturated heterocycles. The number of hydrogen-bond acceptors (Lipinski definition) is 3. The lowest BCUT2D eigenvalue weighted by Gasteiger charge is -2.08. The summed E-state index contributed by atoms with van der Waals surface area (Å²) >= 11 is 0. The maximum atomic E-state index is 11.9. The van der Waals surface area contributed by atoms with E-state index in [2.05, 4.69) is 26.0 Å². The zero-order valence-electron chi connectivity index (χ0n) is 16.0. The number of carbonyl (C=O) groups is 1. The van der Waals surface area contributed by atoms with Gasteiger partial charge in [0.1, 0.15) is 5.75 Å². The zero-order valence-corrected chi connectivity index (χ0v) is 16.0. The first-order chi connectivity index (χ1) is 12.7. The summed E-state index contributed by atoms with van der Waals surface area (Å²) in [5.74, 6) is 0.651. The van der Waals surface area contributed by atoms with Crippen LogP contribution in [-0.4, -0.2) is 19.2 Å². The molecular formula is C23H30O3. The van der Waals surface area contributed by atoms with E-state index >= 15 is 0 Å². The Morgan fingerprint density at radius 3 is 1.96 bits per heavy atom. The van der Waals surface area contributed by atoms with Crippen molar-refractivity contribution in [3.63, 3.8) is 0 Å². The second-order valence-electron chi connectivity index (χ2n) is 6.50. The molecular weight excluding hydrogens is 324 g/mol. The summed E-state index contributed by atoms with van der Waals surface area (Å²) in [6.07, 6.45) is 6.75. The highest BCUT2D eigenvalue weighted by molar-refractivity contribution is 5.90. The molecule has 0 unspecified atom stereocenters. The minimum absolute atomic E-state index is 0.253. The lowest BCUT2D eigenvalue weighted by Crippen LogP contribution is -2.06. The average molecular weight is 354 g/mol. The fourth-order valence-corrected chi connectivity index (χ4v) is 2.65. The van der Waals surface area contributed by atoms with Crippen molar-refractivity contribution in [2.75, 3.05) is 13.2 Å². The van der Waals surface area contributed by atoms with E-state index in [1.165, 1.54) is 19.3 Å². The molecule has 0 spiro atoms. The predicted molar refractivity (Wildman–Crippen MR) is 107 cm³/mol. The number of unbranched alkanes of at least 4 members (excludes halogenated alkanes) is 4. The Bertz CT molecular complexity index is 644. The van der Waals surface area contributed by atoms with E-state index in [4.69, 9.17) is 9.47 Å². The maximum absolute atomic E-state index is 11.9. The van der Waals surface area contributed by atoms with Gasteiger partial charge in [0.2, 0.25) is 0 Å². The Morgan fingerprint density at radius 2 is 1.35 bits per heavy atom. The van der Waals surface area contributed by atoms with Gasteiger partial charge in [-0.15, -0.1) is 0 Å². The first kappa shape index (κ1) is 20.0. The van der Waals surface area contributed by atoms with Gasteiger partial charge in [-0.05, 0) is 48.2 Å². The monoisotopic (exact) mass is 354 g/mol. The molecule has 26 heavy (non-hydrogen) atoms. The van der Waals surface area contributed by atoms with E-state index < -0.39 is 0 Å². The maximum Gasteiger partial charge on any atom is 0.338 e. The third-order valence-corrected chi connectivity index (χ3v) is 4.31. The number of ether oxygens (including phenoxy) is 2. The van der Waals surface area contributed by atoms with Gasteiger partial charge in [-0.25, -0.2) is 4.79 Å². The van der Waals surface area contributed by atoms with Crippen molar-refractivity contribution in [1.29, 1.82) is 0 Å². The van der Waals surface area contributed by atoms with Gasteiger partial charge < -0.3 is 9.47 Å². The van der Waals surface area contributed by atoms with Crippen LogP contribution in [0.3, 0.4) is 0 Å². The molecule has 0 aliphatic carbocycles. The highest BCUT2D eigenvalue weighted by Gasteiger charge is 2.07. The van der Waals surface area contributed by atoms with Crippen molar-refractivity contribution in [2.24, 2.45) is 0 Å². The fourth-order valence-electron chi connectivity index (χ4n) is 2.65. The molecule has 0 aliphatic heterocycles. The largest absolute Gasteiger partial charge is 0.494 e. The van der Waals surface area contributed by atoms with Crippen LogP contribution < -0.4 is 4.74 Å². The van der Waals surface area contributed by atoms with Crippen LogP contribution in [0.5, 0.6) is 5.75 Å². The molecule has 0 N–H and O–H groups in total. The van der Waals surface area contributed by atoms with Crippen molar-refractivity contribution in [2.45, 2.75) is 52.4 Å². The average Bonchev–Trinajstić information content (AvgIpc) is 2.68. The van der Waals surface area contributed by atoms with Gasteiger partial charge in [0.25, 0.3) is 0 Å². The minimum Gasteiger partial charge on any atom is -0.494 e. The summed E-state index contributed by atoms with van der Waals surface area (Å²) < 4.78 is 11.0. The van der Waals surface area contributed by atoms with Crippen molar-refractivity contribution < 1.29 is 14.3 Å². The third-order valence-electron chi connectivity index (χ3n) is 4.31. The van der Waals surface area contributed by atoms with E-state index in [1.54, 1.807) is 0 Å². The molecule has 0 bridgehead atoms. The summed E-state index contributed by atoms with van der Waals surface area (Å²) in [5.41, 5.74) is 2.77. The summed E-state index contributed by atoms with van der Waals surface area (Å²) in [4.78, 5) is 11.9. The molecule has 0 amide bonds. The third kappa shape index (κ3) is 6.55. The molecule has 0 aromatic heterocycles. The van der Waals surface area contributed by atoms with E-state index in [9.17, 15) is 4.79 Å². The standard InChI is InChI=1S/C23H30O3/c1-3-5-7-8-18-25-22-15-13-20(14-16-22)19-9-11-21(12-10-19)23(24)26-17-6-4-2/h9-16H,3-8,17-18H2,1-2H3. The normalized spacial score (nSPS) is 10.5. The van der Waals surface area contributed by atoms with Gasteiger partial charge in [0.05, 0.1) is 18.8 Å². The molecule has 3 heteroatoms. The molecule has 2 aromatic carbocycles. The van der Waals surface area contributed by atoms with Crippen LogP contribution in [-0.2, 0) is 4.74 Å². The number of esters is 1. The van der Waals surface area contributed by atoms with Gasteiger partial charge in [-0.1, -0.05) is 63.8 Å². The summed E-state index contributed by atoms with van der Waals surface area (Å²) in [7, 11) is 0. The number of benzene rings is 2. The van der Waals surface area contributed by atoms with Crippen molar-refractivity contribution in [3.05, 3.63) is 54.1 Å². The molecule has 0 saturated carbocycles. The number of carbonyl (C=O) groups excluding carboxylic acids is 1. The second kappa shape index (κ2) is 11.3. The smallest absolute Gasteiger partial charge is 0.338 e. The Balaban J connectivity index is 1.87. The van der Waals surface area contributed by atoms with E-state index in [0.29, 0.717) is 12.2 Å². The predicted octanol–water partition coefficient (Wildman–Crippen LogP) is 6.27. The lowest BCUT2D eigenvalue weighted by molar-refractivity contribution is 0.0500. The molecule has 0 radical (unpaired) electrons. The van der Waals surface area contributed by atoms with Gasteiger partial charge in [0.15, 0.2) is 0 Å². The van der Waals surface area contributed by atoms with E-state index in [-0.39, 0.29) is 5.97 Å². The first-order valence-electron chi connectivity index (χ1n) is 9.75. The minimum atomic E-state index is -0.253. The highest BCUT2D eigenvalue weighted by Crippen LogP contribution is 2.23. The molecule has 0 aliphatic rings. The fraction of sp³-hybridized carbons (Fsp3) is 0.435. The van der Waals surface area contributed by atoms with Crippen molar-refractivity contribution >= 4 is 5.97 Å². The highest BCUT2D eigenvalue weighted by atomic mass is 16.5. The zero-order chi connectivity index (χ0) is 18.6. The quantitative estimate of drug-likeness (QED) is 0.352. The Labute approximate surface area is 157 Å². The summed E-state index contributed by atoms with van der Waals surface area (Å²) in [5, 5.41) is 0. The van der Waals surface area contributed by atoms with E-state index in [0.717, 1.165) is 42.7 Å². The molecule has 0 fully saturated rings. The molecule has 0 heterocycles. The van der Waals surface area contributed by atoms with Crippen LogP contribution in [0.15, 0.2) is 48.5 Å². The van der Waals surface area contributed by atoms with Gasteiger partial charge in [-0.2, -0.15) is 0 Å². The SMILES string of the molecule is CCCCCCOc1ccc(-c2ccc(C(=O)OCCCC)cc2)cc1. The number of rotatable bonds is 11. The molecule has 3 nitrogen and oxygen atoms in total. The van der Waals surface area contributed by atoms with Crippen LogP contribution in [0.2, 0.25) is 0 Å². The van der Waals surface area contributed by atoms with E-state index in [1.807, 2.05) is 36.4 Å². The van der Waals surface area contributed by atoms with Gasteiger partial charge in [-0.3, -0.25) is 0 Å². The lowest BCUT2D eigenvalue weighted by atomic mass is 10.0. The van der Waals surface area contributed by atoms with Crippen LogP contribution in [0.4, 0.5) is 0 Å². The van der Waals surface area contributed by atoms with Crippen molar-refractivity contribution in [1.82, 2.24) is 0 Å². The summed E-state index contributed by atoms with van der Waals surface area (Å²) in [6.45, 7) is 5.54. The molecule has 2 rings (SSSR count). The van der Waals surface area contributed by atoms with Crippen LogP contribution in [0.25, 0.3) is 11.1 Å². The Morgan fingerprint density at radius 1 is 0.731 bits per heavy atom. The molecule has 140 valence electrons. The summed E-state index contributed by atoms with van der Waals surface area (Å²) in [6, 6.07) is 15.7. The number of hydrogen-bond donors (Lipinski definition) is 0. The Kier molecular flexibility index (Phi) is 8.74. The Hall–Kier alpha value is -2.29. The topological polar surface area (TPSA) is 35.5 Å². The van der Waals surface area contributed by atoms with Gasteiger partial charge >= 0.3 is 5.97 Å². The van der Waals surface area contributed by atoms with Crippen LogP contribution in [0.1, 0.15) is 62.7 Å². The molecule has 0 atom stereocenters. The molecule has 2 aromatic rings. The van der Waals surface area contributed by atoms with Crippen LogP contribution in [0, 0.1) is 0 Å². The van der Waals surface area contributed by atoms with Crippen molar-refractivity contribution in [3.8, 4) is 16.9 Å². The first-order valence-corrected chi connectivity index (χ1v) is 9.75. The second-order valence-corrected chi connectivity index (χ2v) is 6.50.